The monoisotopic (exact) mass is 823 g/mol. The van der Waals surface area contributed by atoms with E-state index >= 15 is 0 Å². The largest absolute Gasteiger partial charge is 0.497 e. The maximum absolute atomic E-state index is 14.0. The maximum Gasteiger partial charge on any atom is 0.264 e. The standard InChI is InChI=1S/C36H34IN5O8S/c1-3-32(43)38-20-33(44)42-21-24(50-30-18-27(22-10-6-4-7-11-22)39-28-16-23(49-2)14-15-26(28)30)17-29(42)34(45)40-36(19-31(36)37)35(46)41-51(47,48)25-12-8-5-9-13-25/h3-16,18,24,29,31H,1,17,19-21H2,2H3,(H,38,43)(H,40,45)(H,41,46)/t24-,29+,31?,36-/m1/s1. The van der Waals surface area contributed by atoms with Gasteiger partial charge in [-0.1, -0.05) is 77.7 Å². The van der Waals surface area contributed by atoms with E-state index in [4.69, 9.17) is 14.5 Å². The van der Waals surface area contributed by atoms with E-state index in [0.29, 0.717) is 28.1 Å². The summed E-state index contributed by atoms with van der Waals surface area (Å²) in [4.78, 5) is 58.8. The molecule has 264 valence electrons. The van der Waals surface area contributed by atoms with Crippen LogP contribution in [0.5, 0.6) is 11.5 Å². The van der Waals surface area contributed by atoms with Crippen LogP contribution in [0.15, 0.2) is 102 Å². The minimum absolute atomic E-state index is 0.0171. The molecule has 1 unspecified atom stereocenters. The highest BCUT2D eigenvalue weighted by molar-refractivity contribution is 14.1. The first kappa shape index (κ1) is 35.8. The zero-order valence-corrected chi connectivity index (χ0v) is 30.3. The predicted molar refractivity (Wildman–Crippen MR) is 197 cm³/mol. The number of fused-ring (bicyclic) bond motifs is 1. The number of benzene rings is 3. The molecule has 1 saturated carbocycles. The molecule has 3 aromatic carbocycles. The Balaban J connectivity index is 1.27. The molecule has 1 aromatic heterocycles. The lowest BCUT2D eigenvalue weighted by Gasteiger charge is -2.26. The SMILES string of the molecule is C=CC(=O)NCC(=O)N1C[C@H](Oc2cc(-c3ccccc3)nc3cc(OC)ccc23)C[C@H]1C(=O)N[C@]1(C(=O)NS(=O)(=O)c2ccccc2)CC1I. The summed E-state index contributed by atoms with van der Waals surface area (Å²) in [6.07, 6.45) is 0.564. The van der Waals surface area contributed by atoms with Crippen LogP contribution in [0.3, 0.4) is 0 Å². The number of rotatable bonds is 12. The third kappa shape index (κ3) is 7.68. The summed E-state index contributed by atoms with van der Waals surface area (Å²) in [5, 5.41) is 5.88. The smallest absolute Gasteiger partial charge is 0.264 e. The van der Waals surface area contributed by atoms with Crippen LogP contribution >= 0.6 is 22.6 Å². The molecule has 13 nitrogen and oxygen atoms in total. The average Bonchev–Trinajstić information content (AvgIpc) is 3.60. The average molecular weight is 824 g/mol. The molecule has 2 aliphatic rings. The van der Waals surface area contributed by atoms with Crippen molar-refractivity contribution in [3.05, 3.63) is 97.6 Å². The fourth-order valence-corrected chi connectivity index (χ4v) is 8.09. The number of sulfonamides is 1. The van der Waals surface area contributed by atoms with E-state index < -0.39 is 61.8 Å². The molecule has 0 bridgehead atoms. The molecular formula is C36H34IN5O8S. The van der Waals surface area contributed by atoms with Crippen LogP contribution in [0.1, 0.15) is 12.8 Å². The summed E-state index contributed by atoms with van der Waals surface area (Å²) < 4.78 is 39.5. The van der Waals surface area contributed by atoms with Crippen LogP contribution in [0.25, 0.3) is 22.2 Å². The number of hydrogen-bond acceptors (Lipinski definition) is 9. The molecule has 6 rings (SSSR count). The molecule has 1 aliphatic carbocycles. The zero-order chi connectivity index (χ0) is 36.3. The molecule has 2 heterocycles. The van der Waals surface area contributed by atoms with Gasteiger partial charge in [0.25, 0.3) is 15.9 Å². The number of ether oxygens (including phenoxy) is 2. The van der Waals surface area contributed by atoms with Crippen LogP contribution < -0.4 is 24.8 Å². The van der Waals surface area contributed by atoms with Gasteiger partial charge in [-0.25, -0.2) is 18.1 Å². The van der Waals surface area contributed by atoms with Gasteiger partial charge in [-0.2, -0.15) is 0 Å². The molecule has 1 aliphatic heterocycles. The van der Waals surface area contributed by atoms with Gasteiger partial charge in [0.05, 0.1) is 36.3 Å². The number of pyridine rings is 1. The molecule has 1 saturated heterocycles. The van der Waals surface area contributed by atoms with Gasteiger partial charge in [-0.15, -0.1) is 0 Å². The van der Waals surface area contributed by atoms with Crippen LogP contribution in [0, 0.1) is 0 Å². The van der Waals surface area contributed by atoms with Gasteiger partial charge in [0.2, 0.25) is 17.7 Å². The van der Waals surface area contributed by atoms with Gasteiger partial charge in [-0.3, -0.25) is 19.2 Å². The fourth-order valence-electron chi connectivity index (χ4n) is 5.90. The van der Waals surface area contributed by atoms with Crippen molar-refractivity contribution in [2.24, 2.45) is 0 Å². The first-order valence-electron chi connectivity index (χ1n) is 15.9. The van der Waals surface area contributed by atoms with Crippen molar-refractivity contribution in [2.75, 3.05) is 20.2 Å². The number of nitrogens with one attached hydrogen (secondary N) is 3. The van der Waals surface area contributed by atoms with Gasteiger partial charge in [0, 0.05) is 33.4 Å². The van der Waals surface area contributed by atoms with E-state index in [2.05, 4.69) is 21.9 Å². The van der Waals surface area contributed by atoms with E-state index in [1.54, 1.807) is 31.4 Å². The minimum Gasteiger partial charge on any atom is -0.497 e. The number of aromatic nitrogens is 1. The molecule has 51 heavy (non-hydrogen) atoms. The minimum atomic E-state index is -4.21. The second-order valence-electron chi connectivity index (χ2n) is 12.1. The van der Waals surface area contributed by atoms with Gasteiger partial charge in [0.1, 0.15) is 29.2 Å². The highest BCUT2D eigenvalue weighted by Crippen LogP contribution is 2.44. The lowest BCUT2D eigenvalue weighted by atomic mass is 10.1. The molecule has 15 heteroatoms. The Kier molecular flexibility index (Phi) is 10.3. The van der Waals surface area contributed by atoms with Crippen molar-refractivity contribution < 1.29 is 37.1 Å². The number of likely N-dealkylation sites (tertiary alicyclic amines) is 1. The Hall–Kier alpha value is -5.03. The second-order valence-corrected chi connectivity index (χ2v) is 15.3. The quantitative estimate of drug-likeness (QED) is 0.110. The second kappa shape index (κ2) is 14.7. The zero-order valence-electron chi connectivity index (χ0n) is 27.4. The van der Waals surface area contributed by atoms with Crippen molar-refractivity contribution >= 4 is 67.1 Å². The molecule has 0 spiro atoms. The van der Waals surface area contributed by atoms with Crippen molar-refractivity contribution in [1.82, 2.24) is 25.2 Å². The number of carbonyl (C=O) groups is 4. The van der Waals surface area contributed by atoms with Crippen LogP contribution in [-0.2, 0) is 29.2 Å². The van der Waals surface area contributed by atoms with Gasteiger partial charge in [-0.05, 0) is 36.8 Å². The number of nitrogens with zero attached hydrogens (tertiary/aromatic N) is 2. The Morgan fingerprint density at radius 3 is 2.37 bits per heavy atom. The molecule has 4 aromatic rings. The number of methoxy groups -OCH3 is 1. The normalized spacial score (nSPS) is 21.0. The van der Waals surface area contributed by atoms with E-state index in [1.165, 1.54) is 29.2 Å². The maximum atomic E-state index is 14.0. The first-order valence-corrected chi connectivity index (χ1v) is 18.7. The predicted octanol–water partition coefficient (Wildman–Crippen LogP) is 3.13. The first-order chi connectivity index (χ1) is 24.4. The summed E-state index contributed by atoms with van der Waals surface area (Å²) in [7, 11) is -2.65. The summed E-state index contributed by atoms with van der Waals surface area (Å²) in [6, 6.07) is 23.0. The van der Waals surface area contributed by atoms with E-state index in [-0.39, 0.29) is 24.3 Å². The number of amides is 4. The van der Waals surface area contributed by atoms with Crippen LogP contribution in [0.2, 0.25) is 0 Å². The lowest BCUT2D eigenvalue weighted by Crippen LogP contribution is -2.57. The van der Waals surface area contributed by atoms with Crippen molar-refractivity contribution in [3.8, 4) is 22.8 Å². The molecule has 4 atom stereocenters. The van der Waals surface area contributed by atoms with E-state index in [9.17, 15) is 27.6 Å². The van der Waals surface area contributed by atoms with E-state index in [0.717, 1.165) is 11.6 Å². The molecule has 4 amide bonds. The third-order valence-corrected chi connectivity index (χ3v) is 11.6. The summed E-state index contributed by atoms with van der Waals surface area (Å²) in [5.41, 5.74) is 0.577. The van der Waals surface area contributed by atoms with Gasteiger partial charge >= 0.3 is 0 Å². The lowest BCUT2D eigenvalue weighted by molar-refractivity contribution is -0.139. The number of halogens is 1. The van der Waals surface area contributed by atoms with Gasteiger partial charge in [0.15, 0.2) is 0 Å². The number of carbonyl (C=O) groups excluding carboxylic acids is 4. The molecular weight excluding hydrogens is 789 g/mol. The molecule has 0 radical (unpaired) electrons. The third-order valence-electron chi connectivity index (χ3n) is 8.73. The van der Waals surface area contributed by atoms with Crippen molar-refractivity contribution in [3.63, 3.8) is 0 Å². The Morgan fingerprint density at radius 2 is 1.73 bits per heavy atom. The Morgan fingerprint density at radius 1 is 1.04 bits per heavy atom. The highest BCUT2D eigenvalue weighted by Gasteiger charge is 2.62. The van der Waals surface area contributed by atoms with E-state index in [1.807, 2.05) is 59.0 Å². The van der Waals surface area contributed by atoms with Crippen molar-refractivity contribution in [2.45, 2.75) is 39.3 Å². The van der Waals surface area contributed by atoms with Crippen molar-refractivity contribution in [1.29, 1.82) is 0 Å². The number of hydrogen-bond donors (Lipinski definition) is 3. The Bertz CT molecular complexity index is 2120. The molecule has 2 fully saturated rings. The van der Waals surface area contributed by atoms with Gasteiger partial charge < -0.3 is 25.0 Å². The van der Waals surface area contributed by atoms with Crippen LogP contribution in [-0.4, -0.2) is 83.7 Å². The fraction of sp³-hybridized carbons (Fsp3) is 0.250. The summed E-state index contributed by atoms with van der Waals surface area (Å²) >= 11 is 1.98. The van der Waals surface area contributed by atoms with Crippen LogP contribution in [0.4, 0.5) is 0 Å². The Labute approximate surface area is 308 Å². The summed E-state index contributed by atoms with van der Waals surface area (Å²) in [6.45, 7) is 2.98. The molecule has 3 N–H and O–H groups in total. The topological polar surface area (TPSA) is 173 Å². The summed E-state index contributed by atoms with van der Waals surface area (Å²) in [5.74, 6) is -1.60. The number of alkyl halides is 1. The highest BCUT2D eigenvalue weighted by atomic mass is 127.